The zero-order valence-electron chi connectivity index (χ0n) is 8.69. The second-order valence-electron chi connectivity index (χ2n) is 3.30. The van der Waals surface area contributed by atoms with Crippen LogP contribution in [-0.2, 0) is 0 Å². The Morgan fingerprint density at radius 1 is 1.06 bits per heavy atom. The quantitative estimate of drug-likeness (QED) is 0.764. The number of aldehydes is 1. The Labute approximate surface area is 108 Å². The lowest BCUT2D eigenvalue weighted by atomic mass is 10.2. The van der Waals surface area contributed by atoms with E-state index in [1.54, 1.807) is 36.4 Å². The molecular formula is C13H8ClFOS. The van der Waals surface area contributed by atoms with Crippen LogP contribution in [0.15, 0.2) is 52.3 Å². The Morgan fingerprint density at radius 3 is 2.47 bits per heavy atom. The number of hydrogen-bond acceptors (Lipinski definition) is 2. The molecule has 0 aromatic heterocycles. The van der Waals surface area contributed by atoms with E-state index in [2.05, 4.69) is 0 Å². The highest BCUT2D eigenvalue weighted by atomic mass is 35.5. The molecule has 0 aliphatic heterocycles. The molecule has 0 unspecified atom stereocenters. The molecule has 0 amide bonds. The van der Waals surface area contributed by atoms with E-state index in [9.17, 15) is 9.18 Å². The first kappa shape index (κ1) is 12.1. The number of hydrogen-bond donors (Lipinski definition) is 0. The monoisotopic (exact) mass is 266 g/mol. The van der Waals surface area contributed by atoms with Crippen molar-refractivity contribution in [3.05, 3.63) is 58.9 Å². The third-order valence-corrected chi connectivity index (χ3v) is 3.64. The van der Waals surface area contributed by atoms with Gasteiger partial charge in [-0.3, -0.25) is 4.79 Å². The lowest BCUT2D eigenvalue weighted by molar-refractivity contribution is 0.112. The Kier molecular flexibility index (Phi) is 3.82. The Hall–Kier alpha value is -1.32. The summed E-state index contributed by atoms with van der Waals surface area (Å²) in [5, 5.41) is 0.376. The Bertz CT molecular complexity index is 557. The van der Waals surface area contributed by atoms with Crippen LogP contribution in [0.2, 0.25) is 5.02 Å². The molecule has 0 radical (unpaired) electrons. The molecule has 0 fully saturated rings. The third kappa shape index (κ3) is 2.68. The number of rotatable bonds is 3. The van der Waals surface area contributed by atoms with Crippen LogP contribution in [0.25, 0.3) is 0 Å². The predicted molar refractivity (Wildman–Crippen MR) is 67.4 cm³/mol. The molecule has 2 aromatic carbocycles. The molecule has 2 aromatic rings. The van der Waals surface area contributed by atoms with Crippen molar-refractivity contribution < 1.29 is 9.18 Å². The van der Waals surface area contributed by atoms with Crippen LogP contribution in [0.1, 0.15) is 10.4 Å². The number of carbonyl (C=O) groups is 1. The van der Waals surface area contributed by atoms with Crippen LogP contribution in [0.4, 0.5) is 4.39 Å². The Balaban J connectivity index is 2.40. The minimum atomic E-state index is -0.311. The van der Waals surface area contributed by atoms with Gasteiger partial charge in [-0.15, -0.1) is 0 Å². The van der Waals surface area contributed by atoms with Gasteiger partial charge in [0.25, 0.3) is 0 Å². The molecule has 86 valence electrons. The van der Waals surface area contributed by atoms with Gasteiger partial charge in [0.2, 0.25) is 0 Å². The summed E-state index contributed by atoms with van der Waals surface area (Å²) in [7, 11) is 0. The minimum Gasteiger partial charge on any atom is -0.298 e. The zero-order chi connectivity index (χ0) is 12.3. The summed E-state index contributed by atoms with van der Waals surface area (Å²) in [6.45, 7) is 0. The fraction of sp³-hybridized carbons (Fsp3) is 0. The first-order chi connectivity index (χ1) is 8.22. The van der Waals surface area contributed by atoms with Gasteiger partial charge >= 0.3 is 0 Å². The largest absolute Gasteiger partial charge is 0.298 e. The number of benzene rings is 2. The van der Waals surface area contributed by atoms with Gasteiger partial charge in [0, 0.05) is 15.4 Å². The van der Waals surface area contributed by atoms with E-state index in [1.165, 1.54) is 17.8 Å². The zero-order valence-corrected chi connectivity index (χ0v) is 10.3. The molecule has 17 heavy (non-hydrogen) atoms. The van der Waals surface area contributed by atoms with E-state index in [4.69, 9.17) is 11.6 Å². The minimum absolute atomic E-state index is 0.311. The molecule has 2 rings (SSSR count). The molecule has 0 aliphatic carbocycles. The second-order valence-corrected chi connectivity index (χ2v) is 4.79. The van der Waals surface area contributed by atoms with Gasteiger partial charge in [0.05, 0.1) is 5.02 Å². The lowest BCUT2D eigenvalue weighted by Crippen LogP contribution is -1.87. The van der Waals surface area contributed by atoms with E-state index in [0.717, 1.165) is 0 Å². The van der Waals surface area contributed by atoms with Crippen LogP contribution in [0.3, 0.4) is 0 Å². The van der Waals surface area contributed by atoms with E-state index >= 15 is 0 Å². The normalized spacial score (nSPS) is 10.2. The fourth-order valence-corrected chi connectivity index (χ4v) is 2.61. The van der Waals surface area contributed by atoms with Crippen LogP contribution < -0.4 is 0 Å². The van der Waals surface area contributed by atoms with Crippen molar-refractivity contribution >= 4 is 29.6 Å². The molecule has 0 saturated heterocycles. The molecule has 0 saturated carbocycles. The maximum atomic E-state index is 13.5. The molecule has 4 heteroatoms. The Morgan fingerprint density at radius 2 is 1.76 bits per heavy atom. The standard InChI is InChI=1S/C13H8ClFOS/c14-10-4-3-7-12(9(10)8-16)17-13-6-2-1-5-11(13)15/h1-8H. The highest BCUT2D eigenvalue weighted by Gasteiger charge is 2.09. The molecule has 0 bridgehead atoms. The molecule has 1 nitrogen and oxygen atoms in total. The fourth-order valence-electron chi connectivity index (χ4n) is 1.37. The molecule has 0 N–H and O–H groups in total. The maximum absolute atomic E-state index is 13.5. The van der Waals surface area contributed by atoms with Crippen molar-refractivity contribution in [3.63, 3.8) is 0 Å². The summed E-state index contributed by atoms with van der Waals surface area (Å²) < 4.78 is 13.5. The topological polar surface area (TPSA) is 17.1 Å². The van der Waals surface area contributed by atoms with Gasteiger partial charge in [-0.25, -0.2) is 4.39 Å². The summed E-state index contributed by atoms with van der Waals surface area (Å²) in [5.41, 5.74) is 0.391. The second kappa shape index (κ2) is 5.34. The predicted octanol–water partition coefficient (Wildman–Crippen LogP) is 4.44. The molecule has 0 atom stereocenters. The van der Waals surface area contributed by atoms with Gasteiger partial charge in [0.15, 0.2) is 6.29 Å². The highest BCUT2D eigenvalue weighted by molar-refractivity contribution is 7.99. The van der Waals surface area contributed by atoms with Gasteiger partial charge < -0.3 is 0 Å². The number of halogens is 2. The van der Waals surface area contributed by atoms with Crippen molar-refractivity contribution in [3.8, 4) is 0 Å². The summed E-state index contributed by atoms with van der Waals surface area (Å²) >= 11 is 7.09. The lowest BCUT2D eigenvalue weighted by Gasteiger charge is -2.06. The van der Waals surface area contributed by atoms with Crippen molar-refractivity contribution in [2.75, 3.05) is 0 Å². The van der Waals surface area contributed by atoms with Gasteiger partial charge in [-0.05, 0) is 24.3 Å². The third-order valence-electron chi connectivity index (χ3n) is 2.19. The first-order valence-corrected chi connectivity index (χ1v) is 6.08. The molecule has 0 heterocycles. The smallest absolute Gasteiger partial charge is 0.152 e. The summed E-state index contributed by atoms with van der Waals surface area (Å²) in [6, 6.07) is 11.5. The molecule has 0 aliphatic rings. The van der Waals surface area contributed by atoms with Crippen molar-refractivity contribution in [1.29, 1.82) is 0 Å². The van der Waals surface area contributed by atoms with Crippen LogP contribution in [0, 0.1) is 5.82 Å². The van der Waals surface area contributed by atoms with Gasteiger partial charge in [-0.1, -0.05) is 41.6 Å². The number of carbonyl (C=O) groups excluding carboxylic acids is 1. The van der Waals surface area contributed by atoms with E-state index in [0.29, 0.717) is 26.7 Å². The van der Waals surface area contributed by atoms with Gasteiger partial charge in [-0.2, -0.15) is 0 Å². The summed E-state index contributed by atoms with van der Waals surface area (Å²) in [4.78, 5) is 12.1. The van der Waals surface area contributed by atoms with Gasteiger partial charge in [0.1, 0.15) is 5.82 Å². The van der Waals surface area contributed by atoms with E-state index in [1.807, 2.05) is 0 Å². The average molecular weight is 267 g/mol. The average Bonchev–Trinajstić information content (AvgIpc) is 2.32. The first-order valence-electron chi connectivity index (χ1n) is 4.88. The van der Waals surface area contributed by atoms with Crippen molar-refractivity contribution in [1.82, 2.24) is 0 Å². The SMILES string of the molecule is O=Cc1c(Cl)cccc1Sc1ccccc1F. The molecule has 0 spiro atoms. The van der Waals surface area contributed by atoms with E-state index in [-0.39, 0.29) is 5.82 Å². The van der Waals surface area contributed by atoms with Crippen molar-refractivity contribution in [2.24, 2.45) is 0 Å². The highest BCUT2D eigenvalue weighted by Crippen LogP contribution is 2.33. The van der Waals surface area contributed by atoms with E-state index < -0.39 is 0 Å². The van der Waals surface area contributed by atoms with Crippen LogP contribution >= 0.6 is 23.4 Å². The van der Waals surface area contributed by atoms with Crippen LogP contribution in [0.5, 0.6) is 0 Å². The van der Waals surface area contributed by atoms with Crippen molar-refractivity contribution in [2.45, 2.75) is 9.79 Å². The summed E-state index contributed by atoms with van der Waals surface area (Å²) in [5.74, 6) is -0.311. The molecular weight excluding hydrogens is 259 g/mol. The maximum Gasteiger partial charge on any atom is 0.152 e. The summed E-state index contributed by atoms with van der Waals surface area (Å²) in [6.07, 6.45) is 0.686. The van der Waals surface area contributed by atoms with Crippen LogP contribution in [-0.4, -0.2) is 6.29 Å².